The second-order valence-electron chi connectivity index (χ2n) is 6.04. The molecule has 0 saturated carbocycles. The normalized spacial score (nSPS) is 16.0. The molecular weight excluding hydrogens is 324 g/mol. The summed E-state index contributed by atoms with van der Waals surface area (Å²) in [6.07, 6.45) is 1.63. The molecule has 2 N–H and O–H groups in total. The third-order valence-electron chi connectivity index (χ3n) is 4.02. The molecule has 1 saturated heterocycles. The van der Waals surface area contributed by atoms with Gasteiger partial charge in [-0.3, -0.25) is 0 Å². The molecule has 0 spiro atoms. The van der Waals surface area contributed by atoms with E-state index < -0.39 is 10.0 Å². The lowest BCUT2D eigenvalue weighted by molar-refractivity contribution is 0.427. The molecule has 0 amide bonds. The van der Waals surface area contributed by atoms with Crippen LogP contribution in [0.5, 0.6) is 11.5 Å². The highest BCUT2D eigenvalue weighted by molar-refractivity contribution is 7.89. The molecule has 1 aliphatic rings. The minimum absolute atomic E-state index is 0.000490. The maximum atomic E-state index is 12.4. The highest BCUT2D eigenvalue weighted by Crippen LogP contribution is 2.23. The first kappa shape index (κ1) is 17.0. The molecule has 0 atom stereocenters. The van der Waals surface area contributed by atoms with E-state index in [1.54, 1.807) is 24.3 Å². The molecule has 0 aliphatic carbocycles. The molecule has 128 valence electrons. The Bertz CT molecular complexity index is 782. The second-order valence-corrected chi connectivity index (χ2v) is 7.75. The number of hydrogen-bond acceptors (Lipinski definition) is 4. The lowest BCUT2D eigenvalue weighted by Gasteiger charge is -2.23. The van der Waals surface area contributed by atoms with E-state index in [1.165, 1.54) is 0 Å². The third kappa shape index (κ3) is 4.35. The van der Waals surface area contributed by atoms with E-state index in [9.17, 15) is 8.42 Å². The number of rotatable bonds is 5. The molecule has 6 heteroatoms. The van der Waals surface area contributed by atoms with Gasteiger partial charge < -0.3 is 10.1 Å². The van der Waals surface area contributed by atoms with Gasteiger partial charge in [-0.25, -0.2) is 13.1 Å². The number of ether oxygens (including phenoxy) is 1. The molecule has 0 aromatic heterocycles. The van der Waals surface area contributed by atoms with Crippen LogP contribution in [0.1, 0.15) is 18.4 Å². The molecule has 1 aliphatic heterocycles. The summed E-state index contributed by atoms with van der Waals surface area (Å²) in [6, 6.07) is 14.2. The van der Waals surface area contributed by atoms with Crippen LogP contribution in [0, 0.1) is 6.92 Å². The molecule has 0 radical (unpaired) electrons. The van der Waals surface area contributed by atoms with Gasteiger partial charge in [0, 0.05) is 6.04 Å². The van der Waals surface area contributed by atoms with E-state index in [0.717, 1.165) is 37.2 Å². The van der Waals surface area contributed by atoms with E-state index in [1.807, 2.05) is 31.2 Å². The Hall–Kier alpha value is -1.89. The molecule has 24 heavy (non-hydrogen) atoms. The van der Waals surface area contributed by atoms with Crippen LogP contribution >= 0.6 is 0 Å². The number of hydrogen-bond donors (Lipinski definition) is 2. The lowest BCUT2D eigenvalue weighted by Crippen LogP contribution is -2.42. The molecule has 1 heterocycles. The summed E-state index contributed by atoms with van der Waals surface area (Å²) >= 11 is 0. The summed E-state index contributed by atoms with van der Waals surface area (Å²) in [5, 5.41) is 3.22. The van der Waals surface area contributed by atoms with E-state index in [4.69, 9.17) is 4.74 Å². The zero-order valence-electron chi connectivity index (χ0n) is 13.7. The number of aryl methyl sites for hydroxylation is 1. The van der Waals surface area contributed by atoms with Crippen molar-refractivity contribution in [2.45, 2.75) is 30.7 Å². The van der Waals surface area contributed by atoms with Crippen molar-refractivity contribution in [2.75, 3.05) is 13.1 Å². The Balaban J connectivity index is 1.69. The van der Waals surface area contributed by atoms with Gasteiger partial charge in [0.25, 0.3) is 0 Å². The van der Waals surface area contributed by atoms with Gasteiger partial charge in [-0.15, -0.1) is 0 Å². The average Bonchev–Trinajstić information content (AvgIpc) is 2.56. The highest BCUT2D eigenvalue weighted by atomic mass is 32.2. The third-order valence-corrected chi connectivity index (χ3v) is 5.56. The molecule has 3 rings (SSSR count). The lowest BCUT2D eigenvalue weighted by atomic mass is 10.1. The Labute approximate surface area is 143 Å². The van der Waals surface area contributed by atoms with Crippen molar-refractivity contribution in [3.8, 4) is 11.5 Å². The van der Waals surface area contributed by atoms with Gasteiger partial charge in [-0.2, -0.15) is 0 Å². The van der Waals surface area contributed by atoms with Gasteiger partial charge in [-0.1, -0.05) is 12.1 Å². The smallest absolute Gasteiger partial charge is 0.240 e. The molecule has 1 fully saturated rings. The quantitative estimate of drug-likeness (QED) is 0.874. The first-order valence-corrected chi connectivity index (χ1v) is 9.59. The largest absolute Gasteiger partial charge is 0.457 e. The molecule has 5 nitrogen and oxygen atoms in total. The highest BCUT2D eigenvalue weighted by Gasteiger charge is 2.21. The van der Waals surface area contributed by atoms with Crippen LogP contribution in [0.2, 0.25) is 0 Å². The van der Waals surface area contributed by atoms with Gasteiger partial charge in [0.05, 0.1) is 4.90 Å². The second kappa shape index (κ2) is 7.34. The van der Waals surface area contributed by atoms with Gasteiger partial charge in [0.2, 0.25) is 10.0 Å². The fourth-order valence-corrected chi connectivity index (χ4v) is 4.03. The predicted octanol–water partition coefficient (Wildman–Crippen LogP) is 2.82. The van der Waals surface area contributed by atoms with Gasteiger partial charge in [0.15, 0.2) is 0 Å². The van der Waals surface area contributed by atoms with E-state index in [2.05, 4.69) is 10.0 Å². The van der Waals surface area contributed by atoms with E-state index in [-0.39, 0.29) is 10.9 Å². The maximum Gasteiger partial charge on any atom is 0.240 e. The zero-order valence-corrected chi connectivity index (χ0v) is 14.5. The number of benzene rings is 2. The number of sulfonamides is 1. The van der Waals surface area contributed by atoms with Crippen molar-refractivity contribution in [2.24, 2.45) is 0 Å². The molecule has 0 bridgehead atoms. The van der Waals surface area contributed by atoms with Crippen molar-refractivity contribution in [1.29, 1.82) is 0 Å². The molecular formula is C18H22N2O3S. The topological polar surface area (TPSA) is 67.4 Å². The van der Waals surface area contributed by atoms with Gasteiger partial charge in [-0.05, 0) is 74.8 Å². The van der Waals surface area contributed by atoms with Crippen LogP contribution in [0.3, 0.4) is 0 Å². The summed E-state index contributed by atoms with van der Waals surface area (Å²) in [5.41, 5.74) is 1.11. The molecule has 2 aromatic rings. The van der Waals surface area contributed by atoms with Crippen LogP contribution in [-0.2, 0) is 10.0 Å². The van der Waals surface area contributed by atoms with Crippen LogP contribution in [0.25, 0.3) is 0 Å². The summed E-state index contributed by atoms with van der Waals surface area (Å²) in [6.45, 7) is 3.68. The van der Waals surface area contributed by atoms with Crippen molar-refractivity contribution < 1.29 is 13.2 Å². The van der Waals surface area contributed by atoms with Crippen LogP contribution in [0.15, 0.2) is 53.4 Å². The number of nitrogens with one attached hydrogen (secondary N) is 2. The zero-order chi connectivity index (χ0) is 17.0. The monoisotopic (exact) mass is 346 g/mol. The summed E-state index contributed by atoms with van der Waals surface area (Å²) in [7, 11) is -3.49. The standard InChI is InChI=1S/C18H22N2O3S/c1-14-3-2-4-17(13-14)23-16-5-7-18(8-6-16)24(21,22)20-15-9-11-19-12-10-15/h2-8,13,15,19-20H,9-12H2,1H3. The van der Waals surface area contributed by atoms with Crippen LogP contribution < -0.4 is 14.8 Å². The van der Waals surface area contributed by atoms with Crippen molar-refractivity contribution in [3.63, 3.8) is 0 Å². The van der Waals surface area contributed by atoms with Crippen molar-refractivity contribution in [1.82, 2.24) is 10.0 Å². The fourth-order valence-electron chi connectivity index (χ4n) is 2.73. The Morgan fingerprint density at radius 3 is 2.42 bits per heavy atom. The van der Waals surface area contributed by atoms with Gasteiger partial charge >= 0.3 is 0 Å². The van der Waals surface area contributed by atoms with E-state index in [0.29, 0.717) is 5.75 Å². The first-order valence-electron chi connectivity index (χ1n) is 8.10. The minimum atomic E-state index is -3.49. The maximum absolute atomic E-state index is 12.4. The SMILES string of the molecule is Cc1cccc(Oc2ccc(S(=O)(=O)NC3CCNCC3)cc2)c1. The fraction of sp³-hybridized carbons (Fsp3) is 0.333. The Morgan fingerprint density at radius 2 is 1.75 bits per heavy atom. The summed E-state index contributed by atoms with van der Waals surface area (Å²) < 4.78 is 33.4. The van der Waals surface area contributed by atoms with Crippen molar-refractivity contribution >= 4 is 10.0 Å². The van der Waals surface area contributed by atoms with Crippen LogP contribution in [0.4, 0.5) is 0 Å². The van der Waals surface area contributed by atoms with Crippen LogP contribution in [-0.4, -0.2) is 27.5 Å². The molecule has 2 aromatic carbocycles. The molecule has 0 unspecified atom stereocenters. The van der Waals surface area contributed by atoms with Gasteiger partial charge in [0.1, 0.15) is 11.5 Å². The van der Waals surface area contributed by atoms with E-state index >= 15 is 0 Å². The predicted molar refractivity (Wildman–Crippen MR) is 93.9 cm³/mol. The van der Waals surface area contributed by atoms with Crippen molar-refractivity contribution in [3.05, 3.63) is 54.1 Å². The Morgan fingerprint density at radius 1 is 1.04 bits per heavy atom. The minimum Gasteiger partial charge on any atom is -0.457 e. The summed E-state index contributed by atoms with van der Waals surface area (Å²) in [5.74, 6) is 1.35. The number of piperidine rings is 1. The summed E-state index contributed by atoms with van der Waals surface area (Å²) in [4.78, 5) is 0.262. The first-order chi connectivity index (χ1) is 11.5. The Kier molecular flexibility index (Phi) is 5.18. The average molecular weight is 346 g/mol.